The van der Waals surface area contributed by atoms with Gasteiger partial charge >= 0.3 is 0 Å². The molecule has 0 amide bonds. The first-order valence-electron chi connectivity index (χ1n) is 5.48. The maximum absolute atomic E-state index is 10.5. The highest BCUT2D eigenvalue weighted by atomic mass is 16.4. The molecule has 0 aromatic heterocycles. The molecular formula is C13H22O4. The summed E-state index contributed by atoms with van der Waals surface area (Å²) < 4.78 is 0. The lowest BCUT2D eigenvalue weighted by Gasteiger charge is -2.45. The van der Waals surface area contributed by atoms with Gasteiger partial charge in [-0.2, -0.15) is 0 Å². The van der Waals surface area contributed by atoms with Gasteiger partial charge in [0, 0.05) is 0 Å². The largest absolute Gasteiger partial charge is 0.394 e. The van der Waals surface area contributed by atoms with Gasteiger partial charge in [-0.1, -0.05) is 18.2 Å². The SMILES string of the molecule is C=CCC(O)(CC=C)C(O)(CC=C)C(O)CO. The topological polar surface area (TPSA) is 80.9 Å². The average Bonchev–Trinajstić information content (AvgIpc) is 2.28. The zero-order valence-corrected chi connectivity index (χ0v) is 10.0. The predicted molar refractivity (Wildman–Crippen MR) is 67.4 cm³/mol. The van der Waals surface area contributed by atoms with Gasteiger partial charge in [0.1, 0.15) is 17.3 Å². The van der Waals surface area contributed by atoms with Crippen LogP contribution < -0.4 is 0 Å². The van der Waals surface area contributed by atoms with E-state index in [0.717, 1.165) is 0 Å². The maximum Gasteiger partial charge on any atom is 0.125 e. The van der Waals surface area contributed by atoms with Crippen molar-refractivity contribution in [2.45, 2.75) is 36.6 Å². The summed E-state index contributed by atoms with van der Waals surface area (Å²) in [6.45, 7) is 9.85. The van der Waals surface area contributed by atoms with Crippen molar-refractivity contribution in [1.82, 2.24) is 0 Å². The van der Waals surface area contributed by atoms with E-state index in [-0.39, 0.29) is 19.3 Å². The van der Waals surface area contributed by atoms with Gasteiger partial charge in [0.25, 0.3) is 0 Å². The van der Waals surface area contributed by atoms with Crippen molar-refractivity contribution in [2.24, 2.45) is 0 Å². The summed E-state index contributed by atoms with van der Waals surface area (Å²) >= 11 is 0. The fraction of sp³-hybridized carbons (Fsp3) is 0.538. The molecule has 0 spiro atoms. The summed E-state index contributed by atoms with van der Waals surface area (Å²) in [5.74, 6) is 0. The highest BCUT2D eigenvalue weighted by Crippen LogP contribution is 2.36. The fourth-order valence-electron chi connectivity index (χ4n) is 1.92. The van der Waals surface area contributed by atoms with Gasteiger partial charge < -0.3 is 20.4 Å². The molecule has 17 heavy (non-hydrogen) atoms. The van der Waals surface area contributed by atoms with Crippen molar-refractivity contribution >= 4 is 0 Å². The van der Waals surface area contributed by atoms with Gasteiger partial charge in [-0.3, -0.25) is 0 Å². The molecule has 0 saturated carbocycles. The minimum atomic E-state index is -1.88. The quantitative estimate of drug-likeness (QED) is 0.445. The minimum Gasteiger partial charge on any atom is -0.394 e. The van der Waals surface area contributed by atoms with Gasteiger partial charge in [0.05, 0.1) is 6.61 Å². The van der Waals surface area contributed by atoms with Gasteiger partial charge in [-0.15, -0.1) is 19.7 Å². The van der Waals surface area contributed by atoms with E-state index in [1.165, 1.54) is 18.2 Å². The molecule has 0 aromatic rings. The molecule has 0 aromatic carbocycles. The van der Waals surface area contributed by atoms with Crippen LogP contribution in [0.1, 0.15) is 19.3 Å². The summed E-state index contributed by atoms with van der Waals surface area (Å²) in [5, 5.41) is 39.6. The Hall–Kier alpha value is -0.940. The molecule has 2 atom stereocenters. The fourth-order valence-corrected chi connectivity index (χ4v) is 1.92. The zero-order valence-electron chi connectivity index (χ0n) is 10.0. The zero-order chi connectivity index (χ0) is 13.5. The third kappa shape index (κ3) is 3.26. The van der Waals surface area contributed by atoms with Crippen LogP contribution >= 0.6 is 0 Å². The van der Waals surface area contributed by atoms with Crippen molar-refractivity contribution in [2.75, 3.05) is 6.61 Å². The van der Waals surface area contributed by atoms with Crippen LogP contribution in [0.5, 0.6) is 0 Å². The molecule has 0 bridgehead atoms. The first kappa shape index (κ1) is 16.1. The van der Waals surface area contributed by atoms with Crippen LogP contribution in [0.4, 0.5) is 0 Å². The Morgan fingerprint density at radius 3 is 1.65 bits per heavy atom. The highest BCUT2D eigenvalue weighted by molar-refractivity contribution is 5.11. The van der Waals surface area contributed by atoms with E-state index >= 15 is 0 Å². The van der Waals surface area contributed by atoms with Crippen LogP contribution in [0, 0.1) is 0 Å². The average molecular weight is 242 g/mol. The smallest absolute Gasteiger partial charge is 0.125 e. The molecule has 0 aliphatic rings. The molecule has 0 aliphatic carbocycles. The van der Waals surface area contributed by atoms with Gasteiger partial charge in [-0.05, 0) is 19.3 Å². The first-order chi connectivity index (χ1) is 7.91. The third-order valence-electron chi connectivity index (χ3n) is 2.95. The monoisotopic (exact) mass is 242 g/mol. The summed E-state index contributed by atoms with van der Waals surface area (Å²) in [6.07, 6.45) is 2.90. The molecule has 4 N–H and O–H groups in total. The second-order valence-electron chi connectivity index (χ2n) is 4.13. The molecule has 0 radical (unpaired) electrons. The lowest BCUT2D eigenvalue weighted by Crippen LogP contribution is -2.61. The van der Waals surface area contributed by atoms with Gasteiger partial charge in [0.15, 0.2) is 0 Å². The van der Waals surface area contributed by atoms with E-state index in [2.05, 4.69) is 19.7 Å². The first-order valence-corrected chi connectivity index (χ1v) is 5.48. The second-order valence-corrected chi connectivity index (χ2v) is 4.13. The van der Waals surface area contributed by atoms with Crippen LogP contribution in [-0.2, 0) is 0 Å². The summed E-state index contributed by atoms with van der Waals surface area (Å²) in [7, 11) is 0. The summed E-state index contributed by atoms with van der Waals surface area (Å²) in [6, 6.07) is 0. The Labute approximate surface area is 102 Å². The third-order valence-corrected chi connectivity index (χ3v) is 2.95. The number of hydrogen-bond acceptors (Lipinski definition) is 4. The van der Waals surface area contributed by atoms with Crippen molar-refractivity contribution in [3.63, 3.8) is 0 Å². The Balaban J connectivity index is 5.40. The van der Waals surface area contributed by atoms with Crippen molar-refractivity contribution in [3.8, 4) is 0 Å². The maximum atomic E-state index is 10.5. The van der Waals surface area contributed by atoms with Crippen LogP contribution in [0.2, 0.25) is 0 Å². The van der Waals surface area contributed by atoms with Gasteiger partial charge in [-0.25, -0.2) is 0 Å². The molecule has 2 unspecified atom stereocenters. The highest BCUT2D eigenvalue weighted by Gasteiger charge is 2.51. The van der Waals surface area contributed by atoms with Crippen molar-refractivity contribution in [3.05, 3.63) is 38.0 Å². The normalized spacial score (nSPS) is 16.9. The second kappa shape index (κ2) is 6.71. The number of aliphatic hydroxyl groups is 4. The van der Waals surface area contributed by atoms with Crippen molar-refractivity contribution < 1.29 is 20.4 Å². The molecule has 0 aliphatic heterocycles. The van der Waals surface area contributed by atoms with Crippen LogP contribution in [-0.4, -0.2) is 44.3 Å². The molecule has 4 heteroatoms. The molecule has 0 heterocycles. The van der Waals surface area contributed by atoms with E-state index in [1.807, 2.05) is 0 Å². The molecule has 4 nitrogen and oxygen atoms in total. The molecular weight excluding hydrogens is 220 g/mol. The molecule has 98 valence electrons. The van der Waals surface area contributed by atoms with Gasteiger partial charge in [0.2, 0.25) is 0 Å². The van der Waals surface area contributed by atoms with Crippen LogP contribution in [0.3, 0.4) is 0 Å². The molecule has 0 fully saturated rings. The Kier molecular flexibility index (Phi) is 6.34. The summed E-state index contributed by atoms with van der Waals surface area (Å²) in [4.78, 5) is 0. The molecule has 0 rings (SSSR count). The van der Waals surface area contributed by atoms with E-state index < -0.39 is 23.9 Å². The summed E-state index contributed by atoms with van der Waals surface area (Å²) in [5.41, 5.74) is -3.52. The Morgan fingerprint density at radius 2 is 1.35 bits per heavy atom. The van der Waals surface area contributed by atoms with Crippen LogP contribution in [0.15, 0.2) is 38.0 Å². The standard InChI is InChI=1S/C13H22O4/c1-4-7-12(16,8-5-2)13(17,9-6-3)11(15)10-14/h4-6,11,14-17H,1-3,7-10H2. The lowest BCUT2D eigenvalue weighted by atomic mass is 9.72. The minimum absolute atomic E-state index is 0.0487. The van der Waals surface area contributed by atoms with E-state index in [4.69, 9.17) is 5.11 Å². The Morgan fingerprint density at radius 1 is 0.941 bits per heavy atom. The Bertz CT molecular complexity index is 265. The predicted octanol–water partition coefficient (Wildman–Crippen LogP) is 0.530. The molecule has 0 saturated heterocycles. The van der Waals surface area contributed by atoms with Crippen LogP contribution in [0.25, 0.3) is 0 Å². The lowest BCUT2D eigenvalue weighted by molar-refractivity contribution is -0.206. The van der Waals surface area contributed by atoms with E-state index in [0.29, 0.717) is 0 Å². The number of hydrogen-bond donors (Lipinski definition) is 4. The van der Waals surface area contributed by atoms with E-state index in [9.17, 15) is 15.3 Å². The number of rotatable bonds is 9. The van der Waals surface area contributed by atoms with E-state index in [1.54, 1.807) is 0 Å². The van der Waals surface area contributed by atoms with Crippen molar-refractivity contribution in [1.29, 1.82) is 0 Å². The number of aliphatic hydroxyl groups excluding tert-OH is 2.